The number of β-amino-alcohol motifs (C(OH)–C–C–N with tert-alkyl or cyclic N) is 1. The SMILES string of the molecule is OCCC1CC(NCC2CCCCC2)CN(CCO)C1. The van der Waals surface area contributed by atoms with E-state index in [2.05, 4.69) is 10.2 Å². The molecule has 4 heteroatoms. The number of piperidine rings is 1. The van der Waals surface area contributed by atoms with Crippen molar-refractivity contribution in [1.82, 2.24) is 10.2 Å². The van der Waals surface area contributed by atoms with Crippen LogP contribution in [0.1, 0.15) is 44.9 Å². The average Bonchev–Trinajstić information content (AvgIpc) is 2.47. The third-order valence-electron chi connectivity index (χ3n) is 4.99. The van der Waals surface area contributed by atoms with E-state index in [0.29, 0.717) is 12.0 Å². The summed E-state index contributed by atoms with van der Waals surface area (Å²) in [7, 11) is 0. The Kier molecular flexibility index (Phi) is 7.28. The Morgan fingerprint density at radius 2 is 1.75 bits per heavy atom. The number of rotatable bonds is 7. The number of hydrogen-bond donors (Lipinski definition) is 3. The molecule has 2 fully saturated rings. The van der Waals surface area contributed by atoms with E-state index in [4.69, 9.17) is 10.2 Å². The fraction of sp³-hybridized carbons (Fsp3) is 1.00. The first-order chi connectivity index (χ1) is 9.81. The van der Waals surface area contributed by atoms with Gasteiger partial charge in [0.15, 0.2) is 0 Å². The number of aliphatic hydroxyl groups is 2. The van der Waals surface area contributed by atoms with Crippen molar-refractivity contribution in [2.45, 2.75) is 51.0 Å². The maximum atomic E-state index is 9.17. The summed E-state index contributed by atoms with van der Waals surface area (Å²) in [5.41, 5.74) is 0. The highest BCUT2D eigenvalue weighted by atomic mass is 16.3. The number of hydrogen-bond acceptors (Lipinski definition) is 4. The molecule has 0 spiro atoms. The molecule has 1 aliphatic heterocycles. The molecule has 1 saturated carbocycles. The molecule has 0 aromatic carbocycles. The Morgan fingerprint density at radius 3 is 2.45 bits per heavy atom. The molecule has 0 aromatic rings. The van der Waals surface area contributed by atoms with E-state index >= 15 is 0 Å². The molecule has 118 valence electrons. The highest BCUT2D eigenvalue weighted by Crippen LogP contribution is 2.24. The van der Waals surface area contributed by atoms with Gasteiger partial charge in [-0.15, -0.1) is 0 Å². The zero-order chi connectivity index (χ0) is 14.2. The van der Waals surface area contributed by atoms with E-state index in [1.165, 1.54) is 38.5 Å². The molecule has 0 bridgehead atoms. The van der Waals surface area contributed by atoms with Crippen LogP contribution in [0.5, 0.6) is 0 Å². The molecule has 1 aliphatic carbocycles. The highest BCUT2D eigenvalue weighted by molar-refractivity contribution is 4.84. The van der Waals surface area contributed by atoms with Gasteiger partial charge in [-0.2, -0.15) is 0 Å². The van der Waals surface area contributed by atoms with Gasteiger partial charge in [0.2, 0.25) is 0 Å². The van der Waals surface area contributed by atoms with Gasteiger partial charge in [0.25, 0.3) is 0 Å². The third kappa shape index (κ3) is 5.32. The minimum absolute atomic E-state index is 0.237. The predicted octanol–water partition coefficient (Wildman–Crippen LogP) is 1.22. The van der Waals surface area contributed by atoms with Gasteiger partial charge in [0.05, 0.1) is 6.61 Å². The molecular formula is C16H32N2O2. The third-order valence-corrected chi connectivity index (χ3v) is 4.99. The number of nitrogens with one attached hydrogen (secondary N) is 1. The normalized spacial score (nSPS) is 29.7. The van der Waals surface area contributed by atoms with Crippen LogP contribution in [0, 0.1) is 11.8 Å². The van der Waals surface area contributed by atoms with E-state index in [-0.39, 0.29) is 13.2 Å². The van der Waals surface area contributed by atoms with Crippen LogP contribution in [0.3, 0.4) is 0 Å². The second-order valence-electron chi connectivity index (χ2n) is 6.71. The second-order valence-corrected chi connectivity index (χ2v) is 6.71. The Morgan fingerprint density at radius 1 is 0.950 bits per heavy atom. The van der Waals surface area contributed by atoms with Gasteiger partial charge in [-0.1, -0.05) is 19.3 Å². The summed E-state index contributed by atoms with van der Waals surface area (Å²) in [6.45, 7) is 4.53. The van der Waals surface area contributed by atoms with Gasteiger partial charge >= 0.3 is 0 Å². The summed E-state index contributed by atoms with van der Waals surface area (Å²) in [6.07, 6.45) is 9.07. The van der Waals surface area contributed by atoms with E-state index in [1.807, 2.05) is 0 Å². The van der Waals surface area contributed by atoms with Crippen LogP contribution in [0.25, 0.3) is 0 Å². The molecule has 0 amide bonds. The fourth-order valence-electron chi connectivity index (χ4n) is 3.89. The Hall–Kier alpha value is -0.160. The molecule has 2 unspecified atom stereocenters. The maximum Gasteiger partial charge on any atom is 0.0558 e. The zero-order valence-electron chi connectivity index (χ0n) is 12.8. The van der Waals surface area contributed by atoms with E-state index < -0.39 is 0 Å². The van der Waals surface area contributed by atoms with E-state index in [9.17, 15) is 0 Å². The first-order valence-corrected chi connectivity index (χ1v) is 8.49. The topological polar surface area (TPSA) is 55.7 Å². The molecule has 0 radical (unpaired) electrons. The lowest BCUT2D eigenvalue weighted by atomic mass is 9.88. The standard InChI is InChI=1S/C16H32N2O2/c19-8-6-15-10-16(13-18(12-15)7-9-20)17-11-14-4-2-1-3-5-14/h14-17,19-20H,1-13H2. The molecule has 2 rings (SSSR count). The Labute approximate surface area is 123 Å². The van der Waals surface area contributed by atoms with Gasteiger partial charge in [-0.3, -0.25) is 4.90 Å². The molecule has 3 N–H and O–H groups in total. The summed E-state index contributed by atoms with van der Waals surface area (Å²) in [6, 6.07) is 0.536. The van der Waals surface area contributed by atoms with Gasteiger partial charge in [-0.25, -0.2) is 0 Å². The van der Waals surface area contributed by atoms with Crippen LogP contribution in [0.4, 0.5) is 0 Å². The molecule has 1 saturated heterocycles. The zero-order valence-corrected chi connectivity index (χ0v) is 12.8. The largest absolute Gasteiger partial charge is 0.396 e. The van der Waals surface area contributed by atoms with E-state index in [0.717, 1.165) is 38.5 Å². The van der Waals surface area contributed by atoms with Gasteiger partial charge < -0.3 is 15.5 Å². The summed E-state index contributed by atoms with van der Waals surface area (Å²) < 4.78 is 0. The summed E-state index contributed by atoms with van der Waals surface area (Å²) in [5.74, 6) is 1.44. The minimum atomic E-state index is 0.237. The van der Waals surface area contributed by atoms with E-state index in [1.54, 1.807) is 0 Å². The van der Waals surface area contributed by atoms with Crippen molar-refractivity contribution in [2.75, 3.05) is 39.4 Å². The van der Waals surface area contributed by atoms with Crippen LogP contribution in [0.2, 0.25) is 0 Å². The molecule has 0 aromatic heterocycles. The monoisotopic (exact) mass is 284 g/mol. The lowest BCUT2D eigenvalue weighted by Gasteiger charge is -2.38. The number of aliphatic hydroxyl groups excluding tert-OH is 2. The second kappa shape index (κ2) is 8.98. The number of nitrogens with zero attached hydrogens (tertiary/aromatic N) is 1. The van der Waals surface area contributed by atoms with Crippen LogP contribution in [-0.4, -0.2) is 60.5 Å². The van der Waals surface area contributed by atoms with Crippen LogP contribution in [0.15, 0.2) is 0 Å². The predicted molar refractivity (Wildman–Crippen MR) is 81.7 cm³/mol. The minimum Gasteiger partial charge on any atom is -0.396 e. The van der Waals surface area contributed by atoms with Crippen molar-refractivity contribution in [3.63, 3.8) is 0 Å². The average molecular weight is 284 g/mol. The lowest BCUT2D eigenvalue weighted by molar-refractivity contribution is 0.0998. The number of likely N-dealkylation sites (tertiary alicyclic amines) is 1. The molecule has 4 nitrogen and oxygen atoms in total. The highest BCUT2D eigenvalue weighted by Gasteiger charge is 2.27. The van der Waals surface area contributed by atoms with Crippen molar-refractivity contribution in [3.8, 4) is 0 Å². The molecule has 2 aliphatic rings. The van der Waals surface area contributed by atoms with Gasteiger partial charge in [-0.05, 0) is 44.1 Å². The molecule has 2 atom stereocenters. The first kappa shape index (κ1) is 16.2. The van der Waals surface area contributed by atoms with Crippen molar-refractivity contribution in [2.24, 2.45) is 11.8 Å². The van der Waals surface area contributed by atoms with Crippen molar-refractivity contribution >= 4 is 0 Å². The smallest absolute Gasteiger partial charge is 0.0558 e. The van der Waals surface area contributed by atoms with Crippen molar-refractivity contribution in [3.05, 3.63) is 0 Å². The Bertz CT molecular complexity index is 243. The van der Waals surface area contributed by atoms with Gasteiger partial charge in [0, 0.05) is 32.3 Å². The van der Waals surface area contributed by atoms with Crippen molar-refractivity contribution in [1.29, 1.82) is 0 Å². The van der Waals surface area contributed by atoms with Crippen molar-refractivity contribution < 1.29 is 10.2 Å². The quantitative estimate of drug-likeness (QED) is 0.658. The molecular weight excluding hydrogens is 252 g/mol. The van der Waals surface area contributed by atoms with Crippen LogP contribution in [-0.2, 0) is 0 Å². The summed E-state index contributed by atoms with van der Waals surface area (Å²) in [4.78, 5) is 2.35. The van der Waals surface area contributed by atoms with Crippen LogP contribution < -0.4 is 5.32 Å². The summed E-state index contributed by atoms with van der Waals surface area (Å²) in [5, 5.41) is 22.1. The van der Waals surface area contributed by atoms with Crippen LogP contribution >= 0.6 is 0 Å². The first-order valence-electron chi connectivity index (χ1n) is 8.49. The fourth-order valence-corrected chi connectivity index (χ4v) is 3.89. The summed E-state index contributed by atoms with van der Waals surface area (Å²) >= 11 is 0. The molecule has 20 heavy (non-hydrogen) atoms. The van der Waals surface area contributed by atoms with Gasteiger partial charge in [0.1, 0.15) is 0 Å². The molecule has 1 heterocycles. The lowest BCUT2D eigenvalue weighted by Crippen LogP contribution is -2.51. The Balaban J connectivity index is 1.75. The maximum absolute atomic E-state index is 9.17.